The van der Waals surface area contributed by atoms with Crippen molar-refractivity contribution in [1.29, 1.82) is 0 Å². The van der Waals surface area contributed by atoms with Gasteiger partial charge in [0.15, 0.2) is 5.96 Å². The van der Waals surface area contributed by atoms with E-state index in [9.17, 15) is 4.79 Å². The maximum atomic E-state index is 12.3. The second-order valence-electron chi connectivity index (χ2n) is 7.32. The molecule has 1 aromatic carbocycles. The molecule has 7 nitrogen and oxygen atoms in total. The summed E-state index contributed by atoms with van der Waals surface area (Å²) in [6.45, 7) is 6.44. The van der Waals surface area contributed by atoms with Gasteiger partial charge in [-0.05, 0) is 63.1 Å². The number of amides is 1. The smallest absolute Gasteiger partial charge is 0.244 e. The first-order valence-electron chi connectivity index (χ1n) is 10.2. The zero-order valence-electron chi connectivity index (χ0n) is 17.6. The lowest BCUT2D eigenvalue weighted by atomic mass is 10.3. The van der Waals surface area contributed by atoms with Gasteiger partial charge in [0.05, 0.1) is 12.4 Å². The lowest BCUT2D eigenvalue weighted by Crippen LogP contribution is -2.35. The minimum absolute atomic E-state index is 0. The minimum Gasteiger partial charge on any atom is -0.491 e. The van der Waals surface area contributed by atoms with Crippen molar-refractivity contribution >= 4 is 41.5 Å². The van der Waals surface area contributed by atoms with Gasteiger partial charge in [0.25, 0.3) is 0 Å². The lowest BCUT2D eigenvalue weighted by molar-refractivity contribution is -0.128. The van der Waals surface area contributed by atoms with E-state index >= 15 is 0 Å². The molecule has 2 heterocycles. The van der Waals surface area contributed by atoms with Crippen LogP contribution in [0.4, 0.5) is 5.69 Å². The predicted molar refractivity (Wildman–Crippen MR) is 130 cm³/mol. The van der Waals surface area contributed by atoms with Gasteiger partial charge in [0, 0.05) is 31.7 Å². The van der Waals surface area contributed by atoms with Crippen LogP contribution in [0.3, 0.4) is 0 Å². The van der Waals surface area contributed by atoms with Gasteiger partial charge in [-0.15, -0.1) is 24.0 Å². The van der Waals surface area contributed by atoms with E-state index in [2.05, 4.69) is 15.6 Å². The molecular weight excluding hydrogens is 495 g/mol. The van der Waals surface area contributed by atoms with E-state index in [1.54, 1.807) is 6.26 Å². The van der Waals surface area contributed by atoms with Crippen LogP contribution in [-0.4, -0.2) is 49.0 Å². The van der Waals surface area contributed by atoms with Gasteiger partial charge in [-0.1, -0.05) is 0 Å². The largest absolute Gasteiger partial charge is 0.491 e. The first kappa shape index (κ1) is 24.0. The second kappa shape index (κ2) is 12.5. The number of carbonyl (C=O) groups is 1. The summed E-state index contributed by atoms with van der Waals surface area (Å²) in [4.78, 5) is 18.7. The van der Waals surface area contributed by atoms with Crippen LogP contribution >= 0.6 is 24.0 Å². The highest BCUT2D eigenvalue weighted by Crippen LogP contribution is 2.17. The number of likely N-dealkylation sites (tertiary alicyclic amines) is 1. The van der Waals surface area contributed by atoms with Crippen molar-refractivity contribution in [3.8, 4) is 5.75 Å². The Labute approximate surface area is 195 Å². The highest BCUT2D eigenvalue weighted by Gasteiger charge is 2.17. The zero-order valence-corrected chi connectivity index (χ0v) is 19.9. The molecule has 2 aromatic rings. The summed E-state index contributed by atoms with van der Waals surface area (Å²) < 4.78 is 11.1. The fourth-order valence-electron chi connectivity index (χ4n) is 3.14. The summed E-state index contributed by atoms with van der Waals surface area (Å²) in [6, 6.07) is 11.5. The van der Waals surface area contributed by atoms with Gasteiger partial charge < -0.3 is 24.7 Å². The Kier molecular flexibility index (Phi) is 9.99. The third kappa shape index (κ3) is 7.89. The standard InChI is InChI=1S/C22H30N4O3.HI/c1-17(2)29-20-9-7-18(8-10-20)25-22(23-12-11-19-6-5-15-28-19)24-16-21(27)26-13-3-4-14-26;/h5-10,15,17H,3-4,11-14,16H2,1-2H3,(H2,23,24,25);1H. The zero-order chi connectivity index (χ0) is 20.5. The summed E-state index contributed by atoms with van der Waals surface area (Å²) in [5, 5.41) is 6.54. The van der Waals surface area contributed by atoms with Crippen LogP contribution in [0.2, 0.25) is 0 Å². The average molecular weight is 526 g/mol. The number of ether oxygens (including phenoxy) is 1. The number of nitrogens with one attached hydrogen (secondary N) is 2. The third-order valence-electron chi connectivity index (χ3n) is 4.56. The van der Waals surface area contributed by atoms with Crippen LogP contribution in [0.15, 0.2) is 52.1 Å². The number of anilines is 1. The Balaban J connectivity index is 0.00000320. The molecule has 0 spiro atoms. The summed E-state index contributed by atoms with van der Waals surface area (Å²) in [6.07, 6.45) is 4.68. The highest BCUT2D eigenvalue weighted by molar-refractivity contribution is 14.0. The molecule has 0 unspecified atom stereocenters. The summed E-state index contributed by atoms with van der Waals surface area (Å²) in [5.41, 5.74) is 0.874. The SMILES string of the molecule is CC(C)Oc1ccc(NC(=NCC(=O)N2CCCC2)NCCc2ccco2)cc1.I. The Morgan fingerprint density at radius 2 is 1.93 bits per heavy atom. The van der Waals surface area contributed by atoms with Gasteiger partial charge in [-0.3, -0.25) is 4.79 Å². The maximum absolute atomic E-state index is 12.3. The molecular formula is C22H31IN4O3. The fraction of sp³-hybridized carbons (Fsp3) is 0.455. The van der Waals surface area contributed by atoms with Crippen LogP contribution in [0.5, 0.6) is 5.75 Å². The average Bonchev–Trinajstić information content (AvgIpc) is 3.41. The van der Waals surface area contributed by atoms with E-state index in [4.69, 9.17) is 9.15 Å². The molecule has 164 valence electrons. The molecule has 3 rings (SSSR count). The highest BCUT2D eigenvalue weighted by atomic mass is 127. The lowest BCUT2D eigenvalue weighted by Gasteiger charge is -2.16. The van der Waals surface area contributed by atoms with Crippen LogP contribution < -0.4 is 15.4 Å². The molecule has 1 saturated heterocycles. The number of hydrogen-bond acceptors (Lipinski definition) is 4. The van der Waals surface area contributed by atoms with Crippen LogP contribution in [0.25, 0.3) is 0 Å². The molecule has 1 aliphatic rings. The molecule has 0 saturated carbocycles. The van der Waals surface area contributed by atoms with E-state index in [0.29, 0.717) is 12.5 Å². The van der Waals surface area contributed by atoms with E-state index in [1.165, 1.54) is 0 Å². The number of rotatable bonds is 8. The van der Waals surface area contributed by atoms with E-state index in [0.717, 1.165) is 49.5 Å². The third-order valence-corrected chi connectivity index (χ3v) is 4.56. The first-order valence-corrected chi connectivity index (χ1v) is 10.2. The maximum Gasteiger partial charge on any atom is 0.244 e. The molecule has 0 aliphatic carbocycles. The van der Waals surface area contributed by atoms with Crippen molar-refractivity contribution in [1.82, 2.24) is 10.2 Å². The molecule has 8 heteroatoms. The fourth-order valence-corrected chi connectivity index (χ4v) is 3.14. The van der Waals surface area contributed by atoms with Gasteiger partial charge >= 0.3 is 0 Å². The summed E-state index contributed by atoms with van der Waals surface area (Å²) >= 11 is 0. The van der Waals surface area contributed by atoms with Crippen molar-refractivity contribution in [3.63, 3.8) is 0 Å². The first-order chi connectivity index (χ1) is 14.1. The van der Waals surface area contributed by atoms with Crippen molar-refractivity contribution < 1.29 is 13.9 Å². The van der Waals surface area contributed by atoms with E-state index in [1.807, 2.05) is 55.1 Å². The Morgan fingerprint density at radius 1 is 1.20 bits per heavy atom. The molecule has 0 atom stereocenters. The monoisotopic (exact) mass is 526 g/mol. The van der Waals surface area contributed by atoms with E-state index < -0.39 is 0 Å². The van der Waals surface area contributed by atoms with Crippen molar-refractivity contribution in [3.05, 3.63) is 48.4 Å². The van der Waals surface area contributed by atoms with Crippen LogP contribution in [0.1, 0.15) is 32.4 Å². The molecule has 0 radical (unpaired) electrons. The molecule has 1 fully saturated rings. The summed E-state index contributed by atoms with van der Waals surface area (Å²) in [7, 11) is 0. The number of aliphatic imine (C=N–C) groups is 1. The number of hydrogen-bond donors (Lipinski definition) is 2. The number of halogens is 1. The normalized spacial score (nSPS) is 13.8. The van der Waals surface area contributed by atoms with Crippen LogP contribution in [0, 0.1) is 0 Å². The number of guanidine groups is 1. The number of furan rings is 1. The molecule has 30 heavy (non-hydrogen) atoms. The quantitative estimate of drug-likeness (QED) is 0.310. The Morgan fingerprint density at radius 3 is 2.57 bits per heavy atom. The molecule has 0 bridgehead atoms. The molecule has 1 aromatic heterocycles. The predicted octanol–water partition coefficient (Wildman–Crippen LogP) is 3.91. The second-order valence-corrected chi connectivity index (χ2v) is 7.32. The van der Waals surface area contributed by atoms with Gasteiger partial charge in [-0.25, -0.2) is 4.99 Å². The minimum atomic E-state index is 0. The molecule has 2 N–H and O–H groups in total. The number of nitrogens with zero attached hydrogens (tertiary/aromatic N) is 2. The number of benzene rings is 1. The van der Waals surface area contributed by atoms with Gasteiger partial charge in [0.2, 0.25) is 5.91 Å². The Hall–Kier alpha value is -2.23. The summed E-state index contributed by atoms with van der Waals surface area (Å²) in [5.74, 6) is 2.36. The topological polar surface area (TPSA) is 79.1 Å². The molecule has 1 amide bonds. The van der Waals surface area contributed by atoms with Crippen molar-refractivity contribution in [2.45, 2.75) is 39.2 Å². The van der Waals surface area contributed by atoms with Crippen molar-refractivity contribution in [2.75, 3.05) is 31.5 Å². The van der Waals surface area contributed by atoms with Crippen LogP contribution in [-0.2, 0) is 11.2 Å². The van der Waals surface area contributed by atoms with Crippen molar-refractivity contribution in [2.24, 2.45) is 4.99 Å². The number of carbonyl (C=O) groups excluding carboxylic acids is 1. The van der Waals surface area contributed by atoms with Gasteiger partial charge in [0.1, 0.15) is 18.1 Å². The van der Waals surface area contributed by atoms with Gasteiger partial charge in [-0.2, -0.15) is 0 Å². The molecule has 1 aliphatic heterocycles. The van der Waals surface area contributed by atoms with E-state index in [-0.39, 0.29) is 42.5 Å². The Bertz CT molecular complexity index is 785.